The van der Waals surface area contributed by atoms with Gasteiger partial charge in [0.2, 0.25) is 10.0 Å². The molecule has 1 aromatic heterocycles. The molecule has 0 saturated carbocycles. The number of carbonyl (C=O) groups is 1. The summed E-state index contributed by atoms with van der Waals surface area (Å²) < 4.78 is 35.7. The van der Waals surface area contributed by atoms with E-state index in [0.717, 1.165) is 28.3 Å². The van der Waals surface area contributed by atoms with E-state index in [2.05, 4.69) is 49.6 Å². The molecule has 194 valence electrons. The smallest absolute Gasteiger partial charge is 0.258 e. The first kappa shape index (κ1) is 25.4. The Morgan fingerprint density at radius 2 is 1.62 bits per heavy atom. The van der Waals surface area contributed by atoms with Crippen LogP contribution in [0, 0.1) is 27.7 Å². The average molecular weight is 520 g/mol. The van der Waals surface area contributed by atoms with Crippen molar-refractivity contribution < 1.29 is 17.9 Å². The van der Waals surface area contributed by atoms with Gasteiger partial charge in [-0.05, 0) is 93.8 Å². The lowest BCUT2D eigenvalue weighted by Crippen LogP contribution is -2.40. The van der Waals surface area contributed by atoms with Crippen molar-refractivity contribution in [2.75, 3.05) is 37.7 Å². The summed E-state index contributed by atoms with van der Waals surface area (Å²) >= 11 is 0. The fourth-order valence-electron chi connectivity index (χ4n) is 5.45. The van der Waals surface area contributed by atoms with Gasteiger partial charge in [0.1, 0.15) is 0 Å². The van der Waals surface area contributed by atoms with Gasteiger partial charge in [0.25, 0.3) is 5.91 Å². The Hall–Kier alpha value is -3.20. The van der Waals surface area contributed by atoms with Crippen molar-refractivity contribution in [2.24, 2.45) is 0 Å². The van der Waals surface area contributed by atoms with Crippen LogP contribution in [0.2, 0.25) is 0 Å². The Bertz CT molecular complexity index is 1510. The second-order valence-corrected chi connectivity index (χ2v) is 11.7. The maximum atomic E-state index is 13.5. The number of carbonyl (C=O) groups excluding carboxylic acids is 1. The third-order valence-electron chi connectivity index (χ3n) is 7.18. The number of amides is 1. The lowest BCUT2D eigenvalue weighted by Gasteiger charge is -2.26. The van der Waals surface area contributed by atoms with Crippen LogP contribution in [0.5, 0.6) is 0 Å². The Morgan fingerprint density at radius 3 is 2.27 bits per heavy atom. The van der Waals surface area contributed by atoms with Crippen LogP contribution in [0.15, 0.2) is 47.4 Å². The molecular weight excluding hydrogens is 486 g/mol. The average Bonchev–Trinajstić information content (AvgIpc) is 3.30. The number of hydrogen-bond donors (Lipinski definition) is 0. The van der Waals surface area contributed by atoms with Crippen LogP contribution in [0.1, 0.15) is 40.6 Å². The molecule has 2 aromatic carbocycles. The Kier molecular flexibility index (Phi) is 6.60. The highest BCUT2D eigenvalue weighted by Gasteiger charge is 2.34. The number of nitrogens with zero attached hydrogens (tertiary/aromatic N) is 3. The predicted molar refractivity (Wildman–Crippen MR) is 147 cm³/mol. The molecule has 7 nitrogen and oxygen atoms in total. The minimum Gasteiger partial charge on any atom is -0.379 e. The zero-order chi connectivity index (χ0) is 26.5. The third-order valence-corrected chi connectivity index (χ3v) is 9.08. The molecule has 1 fully saturated rings. The number of hydrogen-bond acceptors (Lipinski definition) is 4. The summed E-state index contributed by atoms with van der Waals surface area (Å²) in [5.41, 5.74) is 8.39. The number of anilines is 1. The Balaban J connectivity index is 1.61. The number of fused-ring (bicyclic) bond motifs is 1. The van der Waals surface area contributed by atoms with Crippen LogP contribution in [-0.4, -0.2) is 56.0 Å². The molecule has 5 rings (SSSR count). The zero-order valence-corrected chi connectivity index (χ0v) is 22.9. The molecule has 1 saturated heterocycles. The van der Waals surface area contributed by atoms with E-state index < -0.39 is 10.0 Å². The molecule has 2 aliphatic heterocycles. The molecule has 0 bridgehead atoms. The maximum Gasteiger partial charge on any atom is 0.258 e. The molecule has 0 spiro atoms. The monoisotopic (exact) mass is 519 g/mol. The lowest BCUT2D eigenvalue weighted by molar-refractivity contribution is -0.112. The van der Waals surface area contributed by atoms with E-state index in [1.165, 1.54) is 15.4 Å². The van der Waals surface area contributed by atoms with Gasteiger partial charge in [-0.2, -0.15) is 4.31 Å². The molecule has 0 atom stereocenters. The van der Waals surface area contributed by atoms with Gasteiger partial charge in [-0.25, -0.2) is 8.42 Å². The number of benzene rings is 2. The molecular formula is C29H33N3O4S. The molecule has 37 heavy (non-hydrogen) atoms. The number of ether oxygens (including phenoxy) is 1. The van der Waals surface area contributed by atoms with Gasteiger partial charge in [0, 0.05) is 47.8 Å². The Morgan fingerprint density at radius 1 is 0.946 bits per heavy atom. The van der Waals surface area contributed by atoms with Crippen molar-refractivity contribution in [1.29, 1.82) is 0 Å². The predicted octanol–water partition coefficient (Wildman–Crippen LogP) is 4.64. The highest BCUT2D eigenvalue weighted by Crippen LogP contribution is 2.40. The standard InChI is InChI=1S/C29H33N3O4S/c1-6-31-28-8-7-25(37(34,35)30-9-11-36-12-10-30)18-26(28)27(29(31)33)17-23-16-21(4)32(22(23)5)24-14-19(2)13-20(3)15-24/h7-8,13-18H,6,9-12H2,1-5H3. The van der Waals surface area contributed by atoms with Gasteiger partial charge in [-0.3, -0.25) is 4.79 Å². The number of rotatable bonds is 5. The van der Waals surface area contributed by atoms with Gasteiger partial charge in [-0.1, -0.05) is 6.07 Å². The highest BCUT2D eigenvalue weighted by atomic mass is 32.2. The SMILES string of the molecule is CCN1C(=O)C(=Cc2cc(C)n(-c3cc(C)cc(C)c3)c2C)c2cc(S(=O)(=O)N3CCOCC3)ccc21. The van der Waals surface area contributed by atoms with Crippen LogP contribution >= 0.6 is 0 Å². The summed E-state index contributed by atoms with van der Waals surface area (Å²) in [4.78, 5) is 15.4. The maximum absolute atomic E-state index is 13.5. The van der Waals surface area contributed by atoms with Gasteiger partial charge in [-0.15, -0.1) is 0 Å². The Labute approximate surface area is 219 Å². The van der Waals surface area contributed by atoms with Crippen LogP contribution in [0.4, 0.5) is 5.69 Å². The molecule has 1 amide bonds. The van der Waals surface area contributed by atoms with E-state index >= 15 is 0 Å². The van der Waals surface area contributed by atoms with Crippen molar-refractivity contribution in [3.8, 4) is 5.69 Å². The molecule has 3 heterocycles. The van der Waals surface area contributed by atoms with Gasteiger partial charge in [0.05, 0.1) is 23.8 Å². The summed E-state index contributed by atoms with van der Waals surface area (Å²) in [6, 6.07) is 13.6. The minimum absolute atomic E-state index is 0.116. The van der Waals surface area contributed by atoms with Gasteiger partial charge in [0.15, 0.2) is 0 Å². The van der Waals surface area contributed by atoms with Crippen LogP contribution < -0.4 is 4.90 Å². The van der Waals surface area contributed by atoms with Crippen LogP contribution in [0.3, 0.4) is 0 Å². The molecule has 0 aliphatic carbocycles. The third kappa shape index (κ3) is 4.43. The number of aryl methyl sites for hydroxylation is 3. The van der Waals surface area contributed by atoms with Crippen LogP contribution in [-0.2, 0) is 19.6 Å². The number of sulfonamides is 1. The van der Waals surface area contributed by atoms with Gasteiger partial charge >= 0.3 is 0 Å². The van der Waals surface area contributed by atoms with Crippen molar-refractivity contribution in [3.63, 3.8) is 0 Å². The van der Waals surface area contributed by atoms with E-state index in [1.54, 1.807) is 23.1 Å². The first-order valence-electron chi connectivity index (χ1n) is 12.7. The number of morpholine rings is 1. The largest absolute Gasteiger partial charge is 0.379 e. The van der Waals surface area contributed by atoms with E-state index in [-0.39, 0.29) is 10.8 Å². The second-order valence-electron chi connectivity index (χ2n) is 9.81. The van der Waals surface area contributed by atoms with E-state index in [4.69, 9.17) is 4.74 Å². The summed E-state index contributed by atoms with van der Waals surface area (Å²) in [5.74, 6) is -0.116. The molecule has 8 heteroatoms. The van der Waals surface area contributed by atoms with E-state index in [0.29, 0.717) is 44.0 Å². The van der Waals surface area contributed by atoms with Crippen molar-refractivity contribution in [1.82, 2.24) is 8.87 Å². The number of likely N-dealkylation sites (N-methyl/N-ethyl adjacent to an activating group) is 1. The van der Waals surface area contributed by atoms with Crippen molar-refractivity contribution in [3.05, 3.63) is 76.1 Å². The zero-order valence-electron chi connectivity index (χ0n) is 22.0. The summed E-state index contributed by atoms with van der Waals surface area (Å²) in [5, 5.41) is 0. The first-order valence-corrected chi connectivity index (χ1v) is 14.1. The fraction of sp³-hybridized carbons (Fsp3) is 0.345. The van der Waals surface area contributed by atoms with Crippen molar-refractivity contribution >= 4 is 33.3 Å². The summed E-state index contributed by atoms with van der Waals surface area (Å²) in [6.45, 7) is 12.1. The first-order chi connectivity index (χ1) is 17.6. The topological polar surface area (TPSA) is 71.9 Å². The van der Waals surface area contributed by atoms with E-state index in [1.807, 2.05) is 19.9 Å². The second kappa shape index (κ2) is 9.59. The lowest BCUT2D eigenvalue weighted by atomic mass is 10.0. The molecule has 0 N–H and O–H groups in total. The fourth-order valence-corrected chi connectivity index (χ4v) is 6.89. The van der Waals surface area contributed by atoms with E-state index in [9.17, 15) is 13.2 Å². The van der Waals surface area contributed by atoms with Crippen LogP contribution in [0.25, 0.3) is 17.3 Å². The molecule has 2 aliphatic rings. The summed E-state index contributed by atoms with van der Waals surface area (Å²) in [7, 11) is -3.68. The highest BCUT2D eigenvalue weighted by molar-refractivity contribution is 7.89. The minimum atomic E-state index is -3.68. The molecule has 0 unspecified atom stereocenters. The normalized spacial score (nSPS) is 17.6. The summed E-state index contributed by atoms with van der Waals surface area (Å²) in [6.07, 6.45) is 1.91. The molecule has 0 radical (unpaired) electrons. The van der Waals surface area contributed by atoms with Crippen molar-refractivity contribution in [2.45, 2.75) is 39.5 Å². The number of aromatic nitrogens is 1. The molecule has 3 aromatic rings. The van der Waals surface area contributed by atoms with Gasteiger partial charge < -0.3 is 14.2 Å². The quantitative estimate of drug-likeness (QED) is 0.461.